The average Bonchev–Trinajstić information content (AvgIpc) is 3.12. The number of nitrogens with one attached hydrogen (secondary N) is 1. The summed E-state index contributed by atoms with van der Waals surface area (Å²) in [6.07, 6.45) is -3.31. The van der Waals surface area contributed by atoms with Crippen molar-refractivity contribution in [3.63, 3.8) is 0 Å². The van der Waals surface area contributed by atoms with Crippen molar-refractivity contribution in [2.24, 2.45) is 0 Å². The van der Waals surface area contributed by atoms with Crippen molar-refractivity contribution in [3.05, 3.63) is 150 Å². The monoisotopic (exact) mass is 712 g/mol. The molecule has 8 nitrogen and oxygen atoms in total. The van der Waals surface area contributed by atoms with Gasteiger partial charge in [-0.3, -0.25) is 18.6 Å². The zero-order valence-electron chi connectivity index (χ0n) is 28.2. The highest BCUT2D eigenvalue weighted by atomic mass is 31.2. The van der Waals surface area contributed by atoms with Crippen molar-refractivity contribution >= 4 is 30.2 Å². The fraction of sp³-hybridized carbons (Fsp3) is 0.205. The first kappa shape index (κ1) is 35.9. The van der Waals surface area contributed by atoms with Gasteiger partial charge in [0.05, 0.1) is 30.0 Å². The fourth-order valence-electron chi connectivity index (χ4n) is 5.24. The summed E-state index contributed by atoms with van der Waals surface area (Å²) < 4.78 is 73.2. The Kier molecular flexibility index (Phi) is 10.6. The number of alkyl halides is 3. The van der Waals surface area contributed by atoms with E-state index in [1.54, 1.807) is 12.1 Å². The minimum Gasteiger partial charge on any atom is -0.340 e. The fourth-order valence-corrected chi connectivity index (χ4v) is 6.36. The summed E-state index contributed by atoms with van der Waals surface area (Å²) in [5.41, 5.74) is 2.76. The van der Waals surface area contributed by atoms with Crippen LogP contribution in [0.15, 0.2) is 121 Å². The number of anilines is 2. The highest BCUT2D eigenvalue weighted by molar-refractivity contribution is 7.48. The van der Waals surface area contributed by atoms with Gasteiger partial charge in [0.1, 0.15) is 12.4 Å². The third-order valence-electron chi connectivity index (χ3n) is 7.96. The highest BCUT2D eigenvalue weighted by Gasteiger charge is 2.34. The van der Waals surface area contributed by atoms with Crippen LogP contribution in [0, 0.1) is 0 Å². The molecule has 2 heterocycles. The number of nitrogens with zero attached hydrogens (tertiary/aromatic N) is 3. The molecule has 0 unspecified atom stereocenters. The molecular formula is C39H36F3N4O4P. The summed E-state index contributed by atoms with van der Waals surface area (Å²) in [5.74, 6) is 0.466. The normalized spacial score (nSPS) is 12.3. The van der Waals surface area contributed by atoms with E-state index in [1.165, 1.54) is 18.3 Å². The van der Waals surface area contributed by atoms with E-state index < -0.39 is 26.2 Å². The predicted octanol–water partition coefficient (Wildman–Crippen LogP) is 10.8. The molecule has 0 fully saturated rings. The Bertz CT molecular complexity index is 2100. The van der Waals surface area contributed by atoms with Crippen LogP contribution in [-0.2, 0) is 49.5 Å². The lowest BCUT2D eigenvalue weighted by atomic mass is 9.87. The Labute approximate surface area is 294 Å². The first-order valence-corrected chi connectivity index (χ1v) is 17.6. The quantitative estimate of drug-likeness (QED) is 0.125. The van der Waals surface area contributed by atoms with E-state index in [0.717, 1.165) is 28.4 Å². The molecule has 1 N–H and O–H groups in total. The van der Waals surface area contributed by atoms with Crippen LogP contribution in [0.3, 0.4) is 0 Å². The van der Waals surface area contributed by atoms with Crippen LogP contribution >= 0.6 is 7.82 Å². The smallest absolute Gasteiger partial charge is 0.340 e. The Balaban J connectivity index is 1.35. The van der Waals surface area contributed by atoms with E-state index in [9.17, 15) is 17.7 Å². The standard InChI is InChI=1S/C39H36F3N4O4P/c1-38(2,3)30-17-19-31(20-18-30)44-37-32-21-16-29(36-33(39(40,41)42)15-10-22-43-36)23-34(32)45-35(46-37)26-50-51(47,48-24-27-11-6-4-7-12-27)49-25-28-13-8-5-9-14-28/h4-23H,24-26H2,1-3H3,(H,44,45,46). The number of aromatic nitrogens is 3. The van der Waals surface area contributed by atoms with Gasteiger partial charge in [-0.25, -0.2) is 14.5 Å². The second kappa shape index (κ2) is 15.1. The number of phosphoric acid groups is 1. The molecule has 4 aromatic carbocycles. The summed E-state index contributed by atoms with van der Waals surface area (Å²) >= 11 is 0. The summed E-state index contributed by atoms with van der Waals surface area (Å²) in [7, 11) is -4.20. The average molecular weight is 713 g/mol. The van der Waals surface area contributed by atoms with Crippen molar-refractivity contribution in [2.75, 3.05) is 5.32 Å². The number of halogens is 3. The molecule has 0 saturated carbocycles. The Morgan fingerprint density at radius 1 is 0.706 bits per heavy atom. The molecule has 0 radical (unpaired) electrons. The van der Waals surface area contributed by atoms with Gasteiger partial charge in [-0.05, 0) is 58.5 Å². The maximum atomic E-state index is 14.0. The Morgan fingerprint density at radius 3 is 1.90 bits per heavy atom. The Hall–Kier alpha value is -4.93. The number of phosphoric ester groups is 1. The van der Waals surface area contributed by atoms with Gasteiger partial charge in [0.25, 0.3) is 0 Å². The zero-order valence-corrected chi connectivity index (χ0v) is 29.1. The molecule has 0 aliphatic carbocycles. The number of hydrogen-bond donors (Lipinski definition) is 1. The second-order valence-electron chi connectivity index (χ2n) is 12.8. The molecule has 12 heteroatoms. The molecule has 0 atom stereocenters. The number of hydrogen-bond acceptors (Lipinski definition) is 8. The summed E-state index contributed by atoms with van der Waals surface area (Å²) in [6, 6.07) is 33.2. The third-order valence-corrected chi connectivity index (χ3v) is 9.30. The van der Waals surface area contributed by atoms with Gasteiger partial charge < -0.3 is 5.32 Å². The molecule has 0 bridgehead atoms. The maximum absolute atomic E-state index is 14.0. The van der Waals surface area contributed by atoms with Gasteiger partial charge >= 0.3 is 14.0 Å². The largest absolute Gasteiger partial charge is 0.475 e. The van der Waals surface area contributed by atoms with Gasteiger partial charge in [-0.2, -0.15) is 13.2 Å². The molecule has 0 aliphatic rings. The molecule has 6 rings (SSSR count). The number of benzene rings is 4. The van der Waals surface area contributed by atoms with Crippen molar-refractivity contribution in [2.45, 2.75) is 52.2 Å². The van der Waals surface area contributed by atoms with Crippen LogP contribution in [-0.4, -0.2) is 15.0 Å². The first-order valence-electron chi connectivity index (χ1n) is 16.2. The predicted molar refractivity (Wildman–Crippen MR) is 191 cm³/mol. The molecule has 0 aliphatic heterocycles. The number of rotatable bonds is 12. The number of fused-ring (bicyclic) bond motifs is 1. The lowest BCUT2D eigenvalue weighted by Crippen LogP contribution is -2.10. The van der Waals surface area contributed by atoms with Crippen molar-refractivity contribution < 1.29 is 31.3 Å². The first-order chi connectivity index (χ1) is 24.4. The number of pyridine rings is 1. The third kappa shape index (κ3) is 9.25. The minimum atomic E-state index is -4.62. The van der Waals surface area contributed by atoms with Gasteiger partial charge in [0.2, 0.25) is 0 Å². The van der Waals surface area contributed by atoms with Crippen molar-refractivity contribution in [1.29, 1.82) is 0 Å². The molecule has 0 spiro atoms. The van der Waals surface area contributed by atoms with Crippen LogP contribution in [0.4, 0.5) is 24.7 Å². The zero-order chi connectivity index (χ0) is 36.1. The molecule has 0 saturated heterocycles. The van der Waals surface area contributed by atoms with Crippen LogP contribution in [0.1, 0.15) is 48.8 Å². The van der Waals surface area contributed by atoms with E-state index in [4.69, 9.17) is 18.6 Å². The van der Waals surface area contributed by atoms with Crippen LogP contribution in [0.2, 0.25) is 0 Å². The van der Waals surface area contributed by atoms with Gasteiger partial charge in [-0.15, -0.1) is 0 Å². The van der Waals surface area contributed by atoms with Crippen molar-refractivity contribution in [3.8, 4) is 11.3 Å². The highest BCUT2D eigenvalue weighted by Crippen LogP contribution is 2.51. The van der Waals surface area contributed by atoms with E-state index in [-0.39, 0.29) is 35.7 Å². The molecular weight excluding hydrogens is 676 g/mol. The SMILES string of the molecule is CC(C)(C)c1ccc(Nc2nc(COP(=O)(OCc3ccccc3)OCc3ccccc3)nc3cc(-c4ncccc4C(F)(F)F)ccc23)cc1. The van der Waals surface area contributed by atoms with Crippen LogP contribution in [0.5, 0.6) is 0 Å². The lowest BCUT2D eigenvalue weighted by Gasteiger charge is -2.20. The van der Waals surface area contributed by atoms with Crippen molar-refractivity contribution in [1.82, 2.24) is 15.0 Å². The summed E-state index contributed by atoms with van der Waals surface area (Å²) in [4.78, 5) is 13.4. The summed E-state index contributed by atoms with van der Waals surface area (Å²) in [5, 5.41) is 3.86. The topological polar surface area (TPSA) is 95.5 Å². The molecule has 2 aromatic heterocycles. The van der Waals surface area contributed by atoms with Crippen LogP contribution < -0.4 is 5.32 Å². The second-order valence-corrected chi connectivity index (χ2v) is 14.5. The van der Waals surface area contributed by atoms with Gasteiger partial charge in [0, 0.05) is 22.8 Å². The van der Waals surface area contributed by atoms with E-state index >= 15 is 0 Å². The van der Waals surface area contributed by atoms with Gasteiger partial charge in [0.15, 0.2) is 5.82 Å². The lowest BCUT2D eigenvalue weighted by molar-refractivity contribution is -0.137. The minimum absolute atomic E-state index is 0.0438. The van der Waals surface area contributed by atoms with E-state index in [2.05, 4.69) is 36.1 Å². The molecule has 262 valence electrons. The Morgan fingerprint density at radius 2 is 1.31 bits per heavy atom. The molecule has 6 aromatic rings. The van der Waals surface area contributed by atoms with E-state index in [1.807, 2.05) is 84.9 Å². The van der Waals surface area contributed by atoms with Gasteiger partial charge in [-0.1, -0.05) is 99.6 Å². The molecule has 51 heavy (non-hydrogen) atoms. The maximum Gasteiger partial charge on any atom is 0.475 e. The van der Waals surface area contributed by atoms with E-state index in [0.29, 0.717) is 16.7 Å². The van der Waals surface area contributed by atoms with Crippen LogP contribution in [0.25, 0.3) is 22.2 Å². The molecule has 0 amide bonds. The summed E-state index contributed by atoms with van der Waals surface area (Å²) in [6.45, 7) is 5.88.